The first-order chi connectivity index (χ1) is 10.1. The van der Waals surface area contributed by atoms with Crippen molar-refractivity contribution in [2.75, 3.05) is 11.4 Å². The smallest absolute Gasteiger partial charge is 0.308 e. The summed E-state index contributed by atoms with van der Waals surface area (Å²) in [7, 11) is 0. The summed E-state index contributed by atoms with van der Waals surface area (Å²) < 4.78 is 4.92. The zero-order chi connectivity index (χ0) is 15.0. The van der Waals surface area contributed by atoms with Crippen LogP contribution in [0.15, 0.2) is 34.9 Å². The molecule has 1 amide bonds. The summed E-state index contributed by atoms with van der Waals surface area (Å²) in [5, 5.41) is 13.0. The van der Waals surface area contributed by atoms with Gasteiger partial charge in [-0.25, -0.2) is 0 Å². The fraction of sp³-hybridized carbons (Fsp3) is 0.267. The molecule has 0 fully saturated rings. The molecule has 0 saturated carbocycles. The number of carbonyl (C=O) groups is 2. The van der Waals surface area contributed by atoms with Crippen LogP contribution in [0, 0.1) is 12.8 Å². The molecule has 1 N–H and O–H groups in total. The van der Waals surface area contributed by atoms with Gasteiger partial charge in [-0.05, 0) is 25.0 Å². The number of carbonyl (C=O) groups excluding carboxylic acids is 1. The molecule has 6 nitrogen and oxygen atoms in total. The van der Waals surface area contributed by atoms with Crippen LogP contribution >= 0.6 is 0 Å². The van der Waals surface area contributed by atoms with E-state index in [0.29, 0.717) is 12.2 Å². The third-order valence-electron chi connectivity index (χ3n) is 3.59. The number of aliphatic carboxylic acids is 1. The molecule has 0 spiro atoms. The quantitative estimate of drug-likeness (QED) is 0.911. The zero-order valence-electron chi connectivity index (χ0n) is 11.4. The largest absolute Gasteiger partial charge is 0.481 e. The van der Waals surface area contributed by atoms with Gasteiger partial charge in [0.2, 0.25) is 0 Å². The molecule has 1 aliphatic heterocycles. The van der Waals surface area contributed by atoms with Crippen LogP contribution in [0.1, 0.15) is 21.8 Å². The van der Waals surface area contributed by atoms with Gasteiger partial charge in [0, 0.05) is 18.3 Å². The molecule has 6 heteroatoms. The Balaban J connectivity index is 2.00. The van der Waals surface area contributed by atoms with E-state index >= 15 is 0 Å². The van der Waals surface area contributed by atoms with E-state index in [1.807, 2.05) is 24.3 Å². The zero-order valence-corrected chi connectivity index (χ0v) is 11.4. The van der Waals surface area contributed by atoms with Gasteiger partial charge in [0.15, 0.2) is 5.69 Å². The van der Waals surface area contributed by atoms with Crippen molar-refractivity contribution in [3.8, 4) is 0 Å². The SMILES string of the molecule is Cc1cc(C(=O)N2CC(C(=O)O)Cc3ccccc32)no1. The van der Waals surface area contributed by atoms with Crippen LogP contribution in [0.4, 0.5) is 5.69 Å². The number of aromatic nitrogens is 1. The topological polar surface area (TPSA) is 83.6 Å². The highest BCUT2D eigenvalue weighted by Crippen LogP contribution is 2.30. The number of para-hydroxylation sites is 1. The number of rotatable bonds is 2. The number of carboxylic acid groups (broad SMARTS) is 1. The average molecular weight is 286 g/mol. The second-order valence-electron chi connectivity index (χ2n) is 5.11. The van der Waals surface area contributed by atoms with E-state index in [0.717, 1.165) is 11.3 Å². The van der Waals surface area contributed by atoms with Crippen molar-refractivity contribution in [1.82, 2.24) is 5.16 Å². The molecule has 1 atom stereocenters. The Bertz CT molecular complexity index is 707. The highest BCUT2D eigenvalue weighted by molar-refractivity contribution is 6.06. The van der Waals surface area contributed by atoms with E-state index in [4.69, 9.17) is 4.52 Å². The Morgan fingerprint density at radius 1 is 1.38 bits per heavy atom. The van der Waals surface area contributed by atoms with E-state index in [2.05, 4.69) is 5.16 Å². The molecule has 0 radical (unpaired) electrons. The number of nitrogens with zero attached hydrogens (tertiary/aromatic N) is 2. The molecule has 2 heterocycles. The van der Waals surface area contributed by atoms with Gasteiger partial charge in [-0.3, -0.25) is 9.59 Å². The first-order valence-electron chi connectivity index (χ1n) is 6.62. The lowest BCUT2D eigenvalue weighted by Crippen LogP contribution is -2.42. The van der Waals surface area contributed by atoms with Crippen LogP contribution in [0.25, 0.3) is 0 Å². The van der Waals surface area contributed by atoms with Crippen molar-refractivity contribution in [3.63, 3.8) is 0 Å². The molecule has 0 aliphatic carbocycles. The number of amides is 1. The van der Waals surface area contributed by atoms with Gasteiger partial charge in [-0.2, -0.15) is 0 Å². The second-order valence-corrected chi connectivity index (χ2v) is 5.11. The summed E-state index contributed by atoms with van der Waals surface area (Å²) >= 11 is 0. The van der Waals surface area contributed by atoms with Gasteiger partial charge in [-0.1, -0.05) is 23.4 Å². The monoisotopic (exact) mass is 286 g/mol. The first kappa shape index (κ1) is 13.4. The van der Waals surface area contributed by atoms with Gasteiger partial charge in [0.25, 0.3) is 5.91 Å². The standard InChI is InChI=1S/C15H14N2O4/c1-9-6-12(16-21-9)14(18)17-8-11(15(19)20)7-10-4-2-3-5-13(10)17/h2-6,11H,7-8H2,1H3,(H,19,20). The number of anilines is 1. The molecule has 1 aliphatic rings. The Labute approximate surface area is 121 Å². The van der Waals surface area contributed by atoms with E-state index in [1.54, 1.807) is 13.0 Å². The van der Waals surface area contributed by atoms with E-state index in [9.17, 15) is 14.7 Å². The normalized spacial score (nSPS) is 17.4. The molecule has 0 bridgehead atoms. The van der Waals surface area contributed by atoms with Gasteiger partial charge in [0.1, 0.15) is 5.76 Å². The molecule has 2 aromatic rings. The summed E-state index contributed by atoms with van der Waals surface area (Å²) in [5.74, 6) is -1.32. The predicted molar refractivity (Wildman–Crippen MR) is 74.2 cm³/mol. The van der Waals surface area contributed by atoms with Crippen LogP contribution in [-0.2, 0) is 11.2 Å². The minimum absolute atomic E-state index is 0.136. The maximum absolute atomic E-state index is 12.6. The van der Waals surface area contributed by atoms with Crippen molar-refractivity contribution < 1.29 is 19.2 Å². The lowest BCUT2D eigenvalue weighted by atomic mass is 9.92. The van der Waals surface area contributed by atoms with Gasteiger partial charge in [-0.15, -0.1) is 0 Å². The molecular formula is C15H14N2O4. The molecule has 1 aromatic carbocycles. The summed E-state index contributed by atoms with van der Waals surface area (Å²) in [6, 6.07) is 8.88. The molecule has 0 saturated heterocycles. The summed E-state index contributed by atoms with van der Waals surface area (Å²) in [4.78, 5) is 25.3. The molecule has 1 unspecified atom stereocenters. The van der Waals surface area contributed by atoms with Crippen molar-refractivity contribution in [3.05, 3.63) is 47.3 Å². The lowest BCUT2D eigenvalue weighted by molar-refractivity contribution is -0.141. The lowest BCUT2D eigenvalue weighted by Gasteiger charge is -2.32. The van der Waals surface area contributed by atoms with E-state index in [1.165, 1.54) is 4.90 Å². The summed E-state index contributed by atoms with van der Waals surface area (Å²) in [6.45, 7) is 1.84. The molecule has 21 heavy (non-hydrogen) atoms. The number of aryl methyl sites for hydroxylation is 1. The summed E-state index contributed by atoms with van der Waals surface area (Å²) in [5.41, 5.74) is 1.78. The maximum Gasteiger partial charge on any atom is 0.308 e. The Kier molecular flexibility index (Phi) is 3.21. The molecular weight excluding hydrogens is 272 g/mol. The fourth-order valence-electron chi connectivity index (χ4n) is 2.56. The van der Waals surface area contributed by atoms with E-state index in [-0.39, 0.29) is 18.1 Å². The van der Waals surface area contributed by atoms with Crippen LogP contribution in [-0.4, -0.2) is 28.7 Å². The minimum atomic E-state index is -0.904. The van der Waals surface area contributed by atoms with Crippen LogP contribution in [0.2, 0.25) is 0 Å². The highest BCUT2D eigenvalue weighted by Gasteiger charge is 2.33. The number of hydrogen-bond donors (Lipinski definition) is 1. The Hall–Kier alpha value is -2.63. The molecule has 108 valence electrons. The van der Waals surface area contributed by atoms with Crippen molar-refractivity contribution in [1.29, 1.82) is 0 Å². The number of fused-ring (bicyclic) bond motifs is 1. The van der Waals surface area contributed by atoms with Crippen molar-refractivity contribution in [2.24, 2.45) is 5.92 Å². The molecule has 1 aromatic heterocycles. The fourth-order valence-corrected chi connectivity index (χ4v) is 2.56. The second kappa shape index (κ2) is 5.05. The van der Waals surface area contributed by atoms with Crippen LogP contribution in [0.3, 0.4) is 0 Å². The van der Waals surface area contributed by atoms with E-state index < -0.39 is 11.9 Å². The highest BCUT2D eigenvalue weighted by atomic mass is 16.5. The average Bonchev–Trinajstić information content (AvgIpc) is 2.92. The predicted octanol–water partition coefficient (Wildman–Crippen LogP) is 1.89. The number of carboxylic acids is 1. The molecule has 3 rings (SSSR count). The Morgan fingerprint density at radius 2 is 2.14 bits per heavy atom. The maximum atomic E-state index is 12.6. The summed E-state index contributed by atoms with van der Waals surface area (Å²) in [6.07, 6.45) is 0.424. The number of benzene rings is 1. The van der Waals surface area contributed by atoms with Gasteiger partial charge < -0.3 is 14.5 Å². The minimum Gasteiger partial charge on any atom is -0.481 e. The number of hydrogen-bond acceptors (Lipinski definition) is 4. The van der Waals surface area contributed by atoms with Crippen LogP contribution in [0.5, 0.6) is 0 Å². The Morgan fingerprint density at radius 3 is 2.81 bits per heavy atom. The first-order valence-corrected chi connectivity index (χ1v) is 6.62. The third kappa shape index (κ3) is 2.40. The van der Waals surface area contributed by atoms with Crippen molar-refractivity contribution in [2.45, 2.75) is 13.3 Å². The third-order valence-corrected chi connectivity index (χ3v) is 3.59. The van der Waals surface area contributed by atoms with Crippen molar-refractivity contribution >= 4 is 17.6 Å². The van der Waals surface area contributed by atoms with Crippen LogP contribution < -0.4 is 4.90 Å². The van der Waals surface area contributed by atoms with Gasteiger partial charge in [0.05, 0.1) is 5.92 Å². The van der Waals surface area contributed by atoms with Gasteiger partial charge >= 0.3 is 5.97 Å².